The number of alkyl halides is 3. The van der Waals surface area contributed by atoms with E-state index in [0.29, 0.717) is 18.1 Å². The Balaban J connectivity index is 0.000000342. The summed E-state index contributed by atoms with van der Waals surface area (Å²) in [7, 11) is 0. The highest BCUT2D eigenvalue weighted by Crippen LogP contribution is 2.19. The predicted octanol–water partition coefficient (Wildman–Crippen LogP) is 10.0. The van der Waals surface area contributed by atoms with Gasteiger partial charge in [-0.1, -0.05) is 73.9 Å². The third kappa shape index (κ3) is 21.1. The van der Waals surface area contributed by atoms with Crippen LogP contribution in [-0.4, -0.2) is 55.4 Å². The number of carbonyl (C=O) groups excluding carboxylic acids is 3. The quantitative estimate of drug-likeness (QED) is 0.141. The highest BCUT2D eigenvalue weighted by atomic mass is 35.5. The van der Waals surface area contributed by atoms with Gasteiger partial charge in [0.1, 0.15) is 0 Å². The van der Waals surface area contributed by atoms with Gasteiger partial charge < -0.3 is 31.9 Å². The number of hydrogen-bond acceptors (Lipinski definition) is 3. The van der Waals surface area contributed by atoms with Gasteiger partial charge in [0.05, 0.1) is 0 Å². The van der Waals surface area contributed by atoms with Crippen LogP contribution in [0.5, 0.6) is 0 Å². The third-order valence-electron chi connectivity index (χ3n) is 7.39. The van der Waals surface area contributed by atoms with Crippen molar-refractivity contribution in [1.29, 1.82) is 0 Å². The second kappa shape index (κ2) is 28.2. The highest BCUT2D eigenvalue weighted by Gasteiger charge is 2.23. The van der Waals surface area contributed by atoms with E-state index in [0.717, 1.165) is 55.6 Å². The van der Waals surface area contributed by atoms with Crippen LogP contribution in [0.4, 0.5) is 31.4 Å². The summed E-state index contributed by atoms with van der Waals surface area (Å²) >= 11 is 13.9. The summed E-state index contributed by atoms with van der Waals surface area (Å²) in [6, 6.07) is 29.3. The second-order valence-electron chi connectivity index (χ2n) is 11.1. The lowest BCUT2D eigenvalue weighted by Gasteiger charge is -2.26. The van der Waals surface area contributed by atoms with E-state index >= 15 is 0 Å². The standard InChI is InChI=1S/C13H18N2O.C11H14N2O.C10H12N2O.3CH3Cl/c16-13(14-11-7-3-1-4-8-11)15-12-9-5-2-6-10-12;14-11(13-10-7-4-8-10)12-9-5-2-1-3-6-9;13-10(12-9-6-7-9)11-8-4-2-1-3-5-8;3*1-2/h1,3-4,7-8,12H,2,5-6,9-10H2,(H2,14,15,16);1-3,5-6,10H,4,7-8H2,(H2,12,13,14);1-5,9H,6-7H2,(H2,11,12,13);3*1H3. The highest BCUT2D eigenvalue weighted by molar-refractivity contribution is 6.15. The number of carbonyl (C=O) groups is 3. The van der Waals surface area contributed by atoms with Crippen LogP contribution < -0.4 is 31.9 Å². The van der Waals surface area contributed by atoms with Crippen molar-refractivity contribution in [3.63, 3.8) is 0 Å². The minimum atomic E-state index is -0.103. The number of benzene rings is 3. The fourth-order valence-electron chi connectivity index (χ4n) is 4.65. The van der Waals surface area contributed by atoms with Gasteiger partial charge in [0.2, 0.25) is 0 Å². The monoisotopic (exact) mass is 734 g/mol. The number of nitrogens with one attached hydrogen (secondary N) is 6. The van der Waals surface area contributed by atoms with E-state index in [1.807, 2.05) is 91.0 Å². The molecule has 6 N–H and O–H groups in total. The number of anilines is 3. The van der Waals surface area contributed by atoms with Crippen molar-refractivity contribution in [2.45, 2.75) is 82.3 Å². The zero-order valence-electron chi connectivity index (χ0n) is 28.8. The lowest BCUT2D eigenvalue weighted by atomic mass is 9.93. The zero-order chi connectivity index (χ0) is 36.1. The van der Waals surface area contributed by atoms with Crippen LogP contribution >= 0.6 is 34.8 Å². The molecule has 0 unspecified atom stereocenters. The molecule has 49 heavy (non-hydrogen) atoms. The van der Waals surface area contributed by atoms with Gasteiger partial charge in [0.15, 0.2) is 0 Å². The Kier molecular flexibility index (Phi) is 25.0. The summed E-state index contributed by atoms with van der Waals surface area (Å²) in [4.78, 5) is 34.3. The first-order chi connectivity index (χ1) is 24.0. The van der Waals surface area contributed by atoms with Gasteiger partial charge in [0.25, 0.3) is 0 Å². The molecule has 0 bridgehead atoms. The van der Waals surface area contributed by atoms with Crippen molar-refractivity contribution in [1.82, 2.24) is 16.0 Å². The number of hydrogen-bond donors (Lipinski definition) is 6. The molecule has 12 heteroatoms. The van der Waals surface area contributed by atoms with E-state index in [2.05, 4.69) is 66.7 Å². The maximum absolute atomic E-state index is 11.7. The summed E-state index contributed by atoms with van der Waals surface area (Å²) in [5.41, 5.74) is 2.51. The molecule has 3 aliphatic carbocycles. The molecule has 0 radical (unpaired) electrons. The van der Waals surface area contributed by atoms with Crippen molar-refractivity contribution in [2.75, 3.05) is 35.1 Å². The fraction of sp³-hybridized carbons (Fsp3) is 0.432. The normalized spacial score (nSPS) is 14.3. The molecule has 3 aromatic carbocycles. The summed E-state index contributed by atoms with van der Waals surface area (Å²) in [6.45, 7) is 0. The molecular formula is C37H53Cl3N6O3. The summed E-state index contributed by atoms with van der Waals surface area (Å²) in [6.07, 6.45) is 16.1. The van der Waals surface area contributed by atoms with Crippen molar-refractivity contribution in [3.05, 3.63) is 91.0 Å². The van der Waals surface area contributed by atoms with Gasteiger partial charge in [-0.15, -0.1) is 34.8 Å². The first-order valence-electron chi connectivity index (χ1n) is 16.5. The molecule has 270 valence electrons. The molecule has 0 atom stereocenters. The molecule has 9 nitrogen and oxygen atoms in total. The van der Waals surface area contributed by atoms with Crippen LogP contribution in [0.1, 0.15) is 64.2 Å². The molecule has 3 aliphatic rings. The van der Waals surface area contributed by atoms with Gasteiger partial charge in [-0.25, -0.2) is 14.4 Å². The van der Waals surface area contributed by atoms with Crippen molar-refractivity contribution in [2.24, 2.45) is 0 Å². The van der Waals surface area contributed by atoms with E-state index in [-0.39, 0.29) is 18.1 Å². The number of urea groups is 3. The van der Waals surface area contributed by atoms with Crippen LogP contribution in [0.15, 0.2) is 91.0 Å². The Hall–Kier alpha value is -3.66. The van der Waals surface area contributed by atoms with Crippen LogP contribution in [0.2, 0.25) is 0 Å². The van der Waals surface area contributed by atoms with Gasteiger partial charge in [0, 0.05) is 54.3 Å². The van der Waals surface area contributed by atoms with Gasteiger partial charge in [-0.2, -0.15) is 0 Å². The molecule has 0 aliphatic heterocycles. The van der Waals surface area contributed by atoms with Crippen molar-refractivity contribution in [3.8, 4) is 0 Å². The third-order valence-corrected chi connectivity index (χ3v) is 7.39. The zero-order valence-corrected chi connectivity index (χ0v) is 31.1. The Morgan fingerprint density at radius 1 is 0.408 bits per heavy atom. The summed E-state index contributed by atoms with van der Waals surface area (Å²) in [5.74, 6) is 0. The molecule has 3 aromatic rings. The lowest BCUT2D eigenvalue weighted by molar-refractivity contribution is 0.240. The van der Waals surface area contributed by atoms with E-state index in [9.17, 15) is 14.4 Å². The first kappa shape index (κ1) is 43.4. The molecule has 3 saturated carbocycles. The molecular weight excluding hydrogens is 683 g/mol. The average Bonchev–Trinajstić information content (AvgIpc) is 3.95. The molecule has 6 rings (SSSR count). The topological polar surface area (TPSA) is 123 Å². The largest absolute Gasteiger partial charge is 0.335 e. The van der Waals surface area contributed by atoms with Gasteiger partial charge >= 0.3 is 18.1 Å². The molecule has 6 amide bonds. The van der Waals surface area contributed by atoms with Crippen LogP contribution in [0.3, 0.4) is 0 Å². The SMILES string of the molecule is CCl.CCl.CCl.O=C(Nc1ccccc1)NC1CC1.O=C(Nc1ccccc1)NC1CCC1.O=C(Nc1ccccc1)NC1CCCCC1. The number of halogens is 3. The minimum Gasteiger partial charge on any atom is -0.335 e. The maximum atomic E-state index is 11.7. The van der Waals surface area contributed by atoms with Gasteiger partial charge in [-0.05, 0) is 81.3 Å². The summed E-state index contributed by atoms with van der Waals surface area (Å²) < 4.78 is 0. The van der Waals surface area contributed by atoms with Crippen LogP contribution in [-0.2, 0) is 0 Å². The Labute approximate surface area is 307 Å². The number of para-hydroxylation sites is 3. The number of rotatable bonds is 6. The molecule has 0 aromatic heterocycles. The first-order valence-corrected chi connectivity index (χ1v) is 18.8. The van der Waals surface area contributed by atoms with E-state index in [1.54, 1.807) is 0 Å². The van der Waals surface area contributed by atoms with Crippen LogP contribution in [0.25, 0.3) is 0 Å². The van der Waals surface area contributed by atoms with E-state index < -0.39 is 0 Å². The molecule has 0 spiro atoms. The fourth-order valence-corrected chi connectivity index (χ4v) is 4.65. The Morgan fingerprint density at radius 2 is 0.673 bits per heavy atom. The van der Waals surface area contributed by atoms with Gasteiger partial charge in [-0.3, -0.25) is 0 Å². The van der Waals surface area contributed by atoms with Crippen molar-refractivity contribution >= 4 is 70.0 Å². The smallest absolute Gasteiger partial charge is 0.319 e. The predicted molar refractivity (Wildman–Crippen MR) is 209 cm³/mol. The Bertz CT molecular complexity index is 1260. The number of amides is 6. The van der Waals surface area contributed by atoms with Crippen molar-refractivity contribution < 1.29 is 14.4 Å². The molecule has 3 fully saturated rings. The summed E-state index contributed by atoms with van der Waals surface area (Å²) in [5, 5.41) is 17.2. The average molecular weight is 736 g/mol. The molecule has 0 saturated heterocycles. The van der Waals surface area contributed by atoms with E-state index in [4.69, 9.17) is 0 Å². The van der Waals surface area contributed by atoms with Crippen LogP contribution in [0, 0.1) is 0 Å². The molecule has 0 heterocycles. The lowest BCUT2D eigenvalue weighted by Crippen LogP contribution is -2.41. The maximum Gasteiger partial charge on any atom is 0.319 e. The second-order valence-corrected chi connectivity index (χ2v) is 11.1. The Morgan fingerprint density at radius 3 is 0.918 bits per heavy atom. The van der Waals surface area contributed by atoms with E-state index in [1.165, 1.54) is 44.8 Å². The minimum absolute atomic E-state index is 0.0851.